The number of nitrogen functional groups attached to an aromatic ring is 1. The minimum absolute atomic E-state index is 0.624. The lowest BCUT2D eigenvalue weighted by molar-refractivity contribution is 0.344. The van der Waals surface area contributed by atoms with Gasteiger partial charge in [-0.3, -0.25) is 0 Å². The second kappa shape index (κ2) is 6.57. The van der Waals surface area contributed by atoms with Crippen molar-refractivity contribution in [3.8, 4) is 5.75 Å². The van der Waals surface area contributed by atoms with Crippen molar-refractivity contribution in [1.29, 1.82) is 0 Å². The van der Waals surface area contributed by atoms with E-state index in [1.54, 1.807) is 11.8 Å². The van der Waals surface area contributed by atoms with Gasteiger partial charge in [0.2, 0.25) is 0 Å². The second-order valence-corrected chi connectivity index (χ2v) is 5.27. The largest absolute Gasteiger partial charge is 0.491 e. The molecule has 94 valence electrons. The van der Waals surface area contributed by atoms with Gasteiger partial charge in [0.05, 0.1) is 11.6 Å². The van der Waals surface area contributed by atoms with Crippen LogP contribution in [0.3, 0.4) is 0 Å². The molecule has 0 heterocycles. The Morgan fingerprint density at radius 3 is 2.50 bits per heavy atom. The van der Waals surface area contributed by atoms with Crippen LogP contribution in [0.2, 0.25) is 5.02 Å². The quantitative estimate of drug-likeness (QED) is 0.509. The minimum Gasteiger partial charge on any atom is -0.491 e. The molecule has 0 radical (unpaired) electrons. The van der Waals surface area contributed by atoms with E-state index in [0.717, 1.165) is 17.2 Å². The number of halogens is 1. The summed E-state index contributed by atoms with van der Waals surface area (Å²) in [4.78, 5) is 1.19. The molecular weight excluding hydrogens is 266 g/mol. The second-order valence-electron chi connectivity index (χ2n) is 3.70. The van der Waals surface area contributed by atoms with Crippen LogP contribution in [0.4, 0.5) is 5.69 Å². The van der Waals surface area contributed by atoms with Crippen molar-refractivity contribution < 1.29 is 4.74 Å². The van der Waals surface area contributed by atoms with E-state index in [1.807, 2.05) is 48.5 Å². The van der Waals surface area contributed by atoms with Crippen molar-refractivity contribution in [3.63, 3.8) is 0 Å². The van der Waals surface area contributed by atoms with Gasteiger partial charge >= 0.3 is 0 Å². The molecule has 0 atom stereocenters. The zero-order valence-electron chi connectivity index (χ0n) is 9.80. The van der Waals surface area contributed by atoms with Crippen LogP contribution in [0, 0.1) is 0 Å². The van der Waals surface area contributed by atoms with E-state index < -0.39 is 0 Å². The number of hydrogen-bond acceptors (Lipinski definition) is 3. The Hall–Kier alpha value is -1.32. The van der Waals surface area contributed by atoms with Crippen LogP contribution >= 0.6 is 23.4 Å². The van der Waals surface area contributed by atoms with Crippen LogP contribution in [0.5, 0.6) is 5.75 Å². The molecule has 18 heavy (non-hydrogen) atoms. The van der Waals surface area contributed by atoms with Gasteiger partial charge < -0.3 is 10.5 Å². The lowest BCUT2D eigenvalue weighted by atomic mass is 10.3. The van der Waals surface area contributed by atoms with Gasteiger partial charge in [-0.2, -0.15) is 0 Å². The fraction of sp³-hybridized carbons (Fsp3) is 0.143. The summed E-state index contributed by atoms with van der Waals surface area (Å²) in [5.74, 6) is 1.60. The molecule has 0 spiro atoms. The van der Waals surface area contributed by atoms with Gasteiger partial charge in [-0.25, -0.2) is 0 Å². The highest BCUT2D eigenvalue weighted by molar-refractivity contribution is 7.99. The van der Waals surface area contributed by atoms with E-state index in [2.05, 4.69) is 0 Å². The first-order valence-electron chi connectivity index (χ1n) is 5.61. The van der Waals surface area contributed by atoms with Crippen LogP contribution < -0.4 is 10.5 Å². The van der Waals surface area contributed by atoms with Crippen LogP contribution in [-0.4, -0.2) is 12.4 Å². The molecule has 2 N–H and O–H groups in total. The molecule has 4 heteroatoms. The molecular formula is C14H14ClNOS. The molecule has 0 saturated heterocycles. The number of thioether (sulfide) groups is 1. The fourth-order valence-electron chi connectivity index (χ4n) is 1.44. The molecule has 2 aromatic rings. The van der Waals surface area contributed by atoms with Gasteiger partial charge in [0.25, 0.3) is 0 Å². The lowest BCUT2D eigenvalue weighted by Gasteiger charge is -2.07. The summed E-state index contributed by atoms with van der Waals surface area (Å²) in [6.07, 6.45) is 0. The van der Waals surface area contributed by atoms with Crippen LogP contribution in [-0.2, 0) is 0 Å². The fourth-order valence-corrected chi connectivity index (χ4v) is 2.36. The predicted molar refractivity (Wildman–Crippen MR) is 78.5 cm³/mol. The third-order valence-electron chi connectivity index (χ3n) is 2.33. The van der Waals surface area contributed by atoms with Crippen molar-refractivity contribution in [2.24, 2.45) is 0 Å². The molecule has 0 amide bonds. The monoisotopic (exact) mass is 279 g/mol. The van der Waals surface area contributed by atoms with E-state index >= 15 is 0 Å². The maximum atomic E-state index is 5.99. The van der Waals surface area contributed by atoms with Crippen LogP contribution in [0.1, 0.15) is 0 Å². The van der Waals surface area contributed by atoms with Crippen molar-refractivity contribution in [1.82, 2.24) is 0 Å². The highest BCUT2D eigenvalue weighted by Crippen LogP contribution is 2.24. The molecule has 0 aromatic heterocycles. The average molecular weight is 280 g/mol. The average Bonchev–Trinajstić information content (AvgIpc) is 2.39. The lowest BCUT2D eigenvalue weighted by Crippen LogP contribution is -2.00. The summed E-state index contributed by atoms with van der Waals surface area (Å²) >= 11 is 7.72. The van der Waals surface area contributed by atoms with E-state index in [-0.39, 0.29) is 0 Å². The predicted octanol–water partition coefficient (Wildman–Crippen LogP) is 4.09. The summed E-state index contributed by atoms with van der Waals surface area (Å²) in [7, 11) is 0. The first-order chi connectivity index (χ1) is 8.75. The third-order valence-corrected chi connectivity index (χ3v) is 3.61. The number of para-hydroxylation sites is 1. The summed E-state index contributed by atoms with van der Waals surface area (Å²) in [6, 6.07) is 15.3. The summed E-state index contributed by atoms with van der Waals surface area (Å²) in [6.45, 7) is 0.624. The Morgan fingerprint density at radius 2 is 1.78 bits per heavy atom. The molecule has 2 aromatic carbocycles. The van der Waals surface area contributed by atoms with Gasteiger partial charge in [0, 0.05) is 16.3 Å². The summed E-state index contributed by atoms with van der Waals surface area (Å²) < 4.78 is 5.60. The smallest absolute Gasteiger partial charge is 0.137 e. The molecule has 2 rings (SSSR count). The summed E-state index contributed by atoms with van der Waals surface area (Å²) in [5.41, 5.74) is 6.41. The van der Waals surface area contributed by atoms with Crippen LogP contribution in [0.15, 0.2) is 53.4 Å². The molecule has 0 aliphatic heterocycles. The molecule has 0 unspecified atom stereocenters. The van der Waals surface area contributed by atoms with Gasteiger partial charge in [0.1, 0.15) is 5.75 Å². The van der Waals surface area contributed by atoms with E-state index in [0.29, 0.717) is 11.6 Å². The van der Waals surface area contributed by atoms with Gasteiger partial charge in [-0.05, 0) is 36.4 Å². The molecule has 0 aliphatic rings. The molecule has 0 bridgehead atoms. The van der Waals surface area contributed by atoms with Gasteiger partial charge in [0.15, 0.2) is 0 Å². The normalized spacial score (nSPS) is 10.3. The number of nitrogens with two attached hydrogens (primary N) is 1. The van der Waals surface area contributed by atoms with Crippen molar-refractivity contribution in [2.45, 2.75) is 4.90 Å². The Labute approximate surface area is 116 Å². The highest BCUT2D eigenvalue weighted by atomic mass is 35.5. The zero-order chi connectivity index (χ0) is 12.8. The van der Waals surface area contributed by atoms with Crippen LogP contribution in [0.25, 0.3) is 0 Å². The number of ether oxygens (including phenoxy) is 1. The number of hydrogen-bond donors (Lipinski definition) is 1. The highest BCUT2D eigenvalue weighted by Gasteiger charge is 1.99. The maximum Gasteiger partial charge on any atom is 0.137 e. The molecule has 0 saturated carbocycles. The topological polar surface area (TPSA) is 35.2 Å². The minimum atomic E-state index is 0.624. The van der Waals surface area contributed by atoms with E-state index in [4.69, 9.17) is 22.1 Å². The summed E-state index contributed by atoms with van der Waals surface area (Å²) in [5, 5.41) is 0.648. The molecule has 0 fully saturated rings. The number of anilines is 1. The standard InChI is InChI=1S/C14H14ClNOS/c15-13-3-1-2-4-14(13)17-9-10-18-12-7-5-11(16)6-8-12/h1-8H,9-10,16H2. The Bertz CT molecular complexity index is 501. The molecule has 2 nitrogen and oxygen atoms in total. The SMILES string of the molecule is Nc1ccc(SCCOc2ccccc2Cl)cc1. The Morgan fingerprint density at radius 1 is 1.06 bits per heavy atom. The first kappa shape index (κ1) is 13.1. The van der Waals surface area contributed by atoms with E-state index in [9.17, 15) is 0 Å². The maximum absolute atomic E-state index is 5.99. The van der Waals surface area contributed by atoms with Crippen molar-refractivity contribution >= 4 is 29.1 Å². The van der Waals surface area contributed by atoms with Crippen molar-refractivity contribution in [3.05, 3.63) is 53.6 Å². The van der Waals surface area contributed by atoms with Crippen molar-refractivity contribution in [2.75, 3.05) is 18.1 Å². The number of benzene rings is 2. The van der Waals surface area contributed by atoms with Gasteiger partial charge in [-0.15, -0.1) is 11.8 Å². The first-order valence-corrected chi connectivity index (χ1v) is 6.98. The number of rotatable bonds is 5. The van der Waals surface area contributed by atoms with Gasteiger partial charge in [-0.1, -0.05) is 23.7 Å². The van der Waals surface area contributed by atoms with E-state index in [1.165, 1.54) is 4.90 Å². The zero-order valence-corrected chi connectivity index (χ0v) is 11.4. The Kier molecular flexibility index (Phi) is 4.79. The Balaban J connectivity index is 1.76. The third kappa shape index (κ3) is 3.86. The molecule has 0 aliphatic carbocycles.